The predicted octanol–water partition coefficient (Wildman–Crippen LogP) is 5.02. The van der Waals surface area contributed by atoms with Gasteiger partial charge in [-0.05, 0) is 48.7 Å². The molecular weight excluding hydrogens is 516 g/mol. The molecule has 12 heteroatoms. The largest absolute Gasteiger partial charge is 0.573 e. The normalized spacial score (nSPS) is 19.8. The quantitative estimate of drug-likeness (QED) is 0.399. The van der Waals surface area contributed by atoms with Crippen molar-refractivity contribution in [1.82, 2.24) is 15.1 Å². The van der Waals surface area contributed by atoms with Crippen LogP contribution in [0.5, 0.6) is 5.75 Å². The molecule has 0 radical (unpaired) electrons. The molecule has 2 saturated heterocycles. The fraction of sp³-hybridized carbons (Fsp3) is 0.360. The Kier molecular flexibility index (Phi) is 7.93. The number of nitrogens with one attached hydrogen (secondary N) is 2. The van der Waals surface area contributed by atoms with E-state index in [0.717, 1.165) is 30.5 Å². The number of carbonyl (C=O) groups is 2. The maximum Gasteiger partial charge on any atom is 0.573 e. The van der Waals surface area contributed by atoms with Crippen LogP contribution < -0.4 is 15.4 Å². The van der Waals surface area contributed by atoms with Crippen LogP contribution in [0, 0.1) is 5.82 Å². The third kappa shape index (κ3) is 6.72. The number of benzene rings is 2. The topological polar surface area (TPSA) is 73.9 Å². The Bertz CT molecular complexity index is 1180. The summed E-state index contributed by atoms with van der Waals surface area (Å²) >= 11 is 5.93. The minimum Gasteiger partial charge on any atom is -0.404 e. The van der Waals surface area contributed by atoms with Crippen molar-refractivity contribution in [2.24, 2.45) is 0 Å². The van der Waals surface area contributed by atoms with Crippen LogP contribution in [-0.2, 0) is 11.3 Å². The molecule has 2 aromatic rings. The van der Waals surface area contributed by atoms with Crippen molar-refractivity contribution in [3.8, 4) is 5.75 Å². The molecule has 2 heterocycles. The zero-order valence-corrected chi connectivity index (χ0v) is 20.6. The number of halogens is 5. The van der Waals surface area contributed by atoms with Gasteiger partial charge in [0.15, 0.2) is 0 Å². The number of amides is 3. The molecule has 0 saturated carbocycles. The van der Waals surface area contributed by atoms with Crippen molar-refractivity contribution in [3.63, 3.8) is 0 Å². The van der Waals surface area contributed by atoms with E-state index in [1.54, 1.807) is 17.0 Å². The number of hydrogen-bond acceptors (Lipinski definition) is 4. The van der Waals surface area contributed by atoms with Crippen molar-refractivity contribution in [2.75, 3.05) is 25.5 Å². The summed E-state index contributed by atoms with van der Waals surface area (Å²) in [6.45, 7) is 1.95. The van der Waals surface area contributed by atoms with Gasteiger partial charge in [0.25, 0.3) is 0 Å². The number of piperazine rings is 1. The number of ether oxygens (including phenoxy) is 1. The minimum atomic E-state index is -4.97. The first-order chi connectivity index (χ1) is 17.5. The Balaban J connectivity index is 1.50. The van der Waals surface area contributed by atoms with Crippen molar-refractivity contribution >= 4 is 35.3 Å². The Morgan fingerprint density at radius 3 is 2.38 bits per heavy atom. The van der Waals surface area contributed by atoms with E-state index in [1.807, 2.05) is 0 Å². The molecule has 7 nitrogen and oxygen atoms in total. The first-order valence-corrected chi connectivity index (χ1v) is 12.0. The SMILES string of the molecule is CNC(=O)Nc1cc(Cl)c(OC(F)(F)F)cc1/C=C/C(=O)N1C2CCC1CN(Cc1ccc(F)cc1)C2. The molecule has 0 spiro atoms. The summed E-state index contributed by atoms with van der Waals surface area (Å²) in [6.07, 6.45) is -0.701. The van der Waals surface area contributed by atoms with Gasteiger partial charge in [0.2, 0.25) is 5.91 Å². The highest BCUT2D eigenvalue weighted by Crippen LogP contribution is 2.36. The molecule has 2 N–H and O–H groups in total. The van der Waals surface area contributed by atoms with Gasteiger partial charge in [-0.15, -0.1) is 13.2 Å². The van der Waals surface area contributed by atoms with E-state index in [0.29, 0.717) is 19.6 Å². The van der Waals surface area contributed by atoms with Crippen LogP contribution in [0.3, 0.4) is 0 Å². The summed E-state index contributed by atoms with van der Waals surface area (Å²) in [5.41, 5.74) is 1.20. The fourth-order valence-electron chi connectivity index (χ4n) is 4.78. The average Bonchev–Trinajstić information content (AvgIpc) is 3.10. The van der Waals surface area contributed by atoms with Crippen LogP contribution in [-0.4, -0.2) is 60.3 Å². The Hall–Kier alpha value is -3.31. The van der Waals surface area contributed by atoms with E-state index in [9.17, 15) is 27.2 Å². The molecular formula is C25H25ClF4N4O3. The van der Waals surface area contributed by atoms with Crippen LogP contribution >= 0.6 is 11.6 Å². The first-order valence-electron chi connectivity index (χ1n) is 11.6. The Morgan fingerprint density at radius 1 is 1.14 bits per heavy atom. The number of fused-ring (bicyclic) bond motifs is 2. The molecule has 198 valence electrons. The van der Waals surface area contributed by atoms with Gasteiger partial charge in [0.05, 0.1) is 10.7 Å². The maximum absolute atomic E-state index is 13.2. The molecule has 2 aliphatic rings. The summed E-state index contributed by atoms with van der Waals surface area (Å²) in [7, 11) is 1.38. The molecule has 2 bridgehead atoms. The highest BCUT2D eigenvalue weighted by atomic mass is 35.5. The van der Waals surface area contributed by atoms with Gasteiger partial charge in [0.1, 0.15) is 11.6 Å². The van der Waals surface area contributed by atoms with Gasteiger partial charge in [-0.25, -0.2) is 9.18 Å². The molecule has 0 aromatic heterocycles. The molecule has 0 aliphatic carbocycles. The molecule has 4 rings (SSSR count). The number of anilines is 1. The lowest BCUT2D eigenvalue weighted by Gasteiger charge is -2.40. The first kappa shape index (κ1) is 26.7. The third-order valence-corrected chi connectivity index (χ3v) is 6.64. The van der Waals surface area contributed by atoms with Crippen LogP contribution in [0.2, 0.25) is 5.02 Å². The molecule has 2 atom stereocenters. The minimum absolute atomic E-state index is 0.0193. The molecule has 2 fully saturated rings. The van der Waals surface area contributed by atoms with Gasteiger partial charge >= 0.3 is 12.4 Å². The molecule has 37 heavy (non-hydrogen) atoms. The number of urea groups is 1. The van der Waals surface area contributed by atoms with Crippen molar-refractivity contribution in [1.29, 1.82) is 0 Å². The number of nitrogens with zero attached hydrogens (tertiary/aromatic N) is 2. The number of hydrogen-bond donors (Lipinski definition) is 2. The summed E-state index contributed by atoms with van der Waals surface area (Å²) in [6, 6.07) is 7.81. The van der Waals surface area contributed by atoms with Crippen LogP contribution in [0.4, 0.5) is 28.0 Å². The highest BCUT2D eigenvalue weighted by molar-refractivity contribution is 6.32. The van der Waals surface area contributed by atoms with Gasteiger partial charge in [-0.3, -0.25) is 9.69 Å². The van der Waals surface area contributed by atoms with Gasteiger partial charge in [-0.2, -0.15) is 0 Å². The second-order valence-corrected chi connectivity index (χ2v) is 9.31. The third-order valence-electron chi connectivity index (χ3n) is 6.34. The number of alkyl halides is 3. The van der Waals surface area contributed by atoms with Crippen molar-refractivity contribution in [2.45, 2.75) is 37.8 Å². The number of carbonyl (C=O) groups excluding carboxylic acids is 2. The van der Waals surface area contributed by atoms with E-state index in [2.05, 4.69) is 20.3 Å². The lowest BCUT2D eigenvalue weighted by Crippen LogP contribution is -2.55. The summed E-state index contributed by atoms with van der Waals surface area (Å²) in [5, 5.41) is 4.47. The van der Waals surface area contributed by atoms with E-state index in [1.165, 1.54) is 31.3 Å². The molecule has 2 aliphatic heterocycles. The van der Waals surface area contributed by atoms with E-state index < -0.39 is 18.1 Å². The monoisotopic (exact) mass is 540 g/mol. The van der Waals surface area contributed by atoms with Crippen LogP contribution in [0.1, 0.15) is 24.0 Å². The summed E-state index contributed by atoms with van der Waals surface area (Å²) in [5.74, 6) is -1.23. The standard InChI is InChI=1S/C25H25ClF4N4O3/c1-31-24(36)32-21-11-20(26)22(37-25(28,29)30)10-16(21)4-9-23(35)34-18-7-8-19(34)14-33(13-18)12-15-2-5-17(27)6-3-15/h2-6,9-11,18-19H,7-8,12-14H2,1H3,(H2,31,32,36)/b9-4+. The lowest BCUT2D eigenvalue weighted by molar-refractivity contribution is -0.274. The fourth-order valence-corrected chi connectivity index (χ4v) is 4.98. The van der Waals surface area contributed by atoms with E-state index in [4.69, 9.17) is 11.6 Å². The second-order valence-electron chi connectivity index (χ2n) is 8.91. The Labute approximate surface area is 216 Å². The van der Waals surface area contributed by atoms with Gasteiger partial charge < -0.3 is 20.3 Å². The van der Waals surface area contributed by atoms with E-state index >= 15 is 0 Å². The Morgan fingerprint density at radius 2 is 1.78 bits per heavy atom. The van der Waals surface area contributed by atoms with Crippen LogP contribution in [0.25, 0.3) is 6.08 Å². The maximum atomic E-state index is 13.2. The summed E-state index contributed by atoms with van der Waals surface area (Å²) in [4.78, 5) is 29.0. The molecule has 2 aromatic carbocycles. The molecule has 3 amide bonds. The zero-order valence-electron chi connectivity index (χ0n) is 19.8. The van der Waals surface area contributed by atoms with Crippen LogP contribution in [0.15, 0.2) is 42.5 Å². The number of rotatable bonds is 6. The summed E-state index contributed by atoms with van der Waals surface area (Å²) < 4.78 is 55.6. The average molecular weight is 541 g/mol. The van der Waals surface area contributed by atoms with Gasteiger partial charge in [0, 0.05) is 50.4 Å². The lowest BCUT2D eigenvalue weighted by atomic mass is 10.1. The molecule has 2 unspecified atom stereocenters. The number of likely N-dealkylation sites (tertiary alicyclic amines) is 1. The smallest absolute Gasteiger partial charge is 0.404 e. The van der Waals surface area contributed by atoms with Crippen molar-refractivity contribution in [3.05, 3.63) is 64.4 Å². The predicted molar refractivity (Wildman–Crippen MR) is 131 cm³/mol. The second kappa shape index (κ2) is 11.0. The van der Waals surface area contributed by atoms with Gasteiger partial charge in [-0.1, -0.05) is 23.7 Å². The van der Waals surface area contributed by atoms with E-state index in [-0.39, 0.29) is 40.1 Å². The highest BCUT2D eigenvalue weighted by Gasteiger charge is 2.41. The van der Waals surface area contributed by atoms with Crippen molar-refractivity contribution < 1.29 is 31.9 Å². The zero-order chi connectivity index (χ0) is 26.7.